The van der Waals surface area contributed by atoms with Crippen LogP contribution in [0.5, 0.6) is 0 Å². The van der Waals surface area contributed by atoms with Crippen LogP contribution in [0, 0.1) is 46.0 Å². The Morgan fingerprint density at radius 2 is 0.947 bits per heavy atom. The first-order valence-corrected chi connectivity index (χ1v) is 3.13. The van der Waals surface area contributed by atoms with Gasteiger partial charge in [0.25, 0.3) is 0 Å². The molecule has 1 rings (SSSR count). The Kier molecular flexibility index (Phi) is 23.0. The summed E-state index contributed by atoms with van der Waals surface area (Å²) in [5.41, 5.74) is 0. The molecule has 1 aromatic heterocycles. The minimum absolute atomic E-state index is 0. The van der Waals surface area contributed by atoms with E-state index < -0.39 is 15.3 Å². The number of nitrogens with zero attached hydrogens (tertiary/aromatic N) is 6. The molecular weight excluding hydrogens is 322 g/mol. The summed E-state index contributed by atoms with van der Waals surface area (Å²) >= 11 is 0. The molecule has 2 N–H and O–H groups in total. The Morgan fingerprint density at radius 3 is 1.00 bits per heavy atom. The third kappa shape index (κ3) is 156. The molecule has 109 valence electrons. The van der Waals surface area contributed by atoms with E-state index in [1.807, 2.05) is 0 Å². The fourth-order valence-electron chi connectivity index (χ4n) is 0.209. The van der Waals surface area contributed by atoms with Gasteiger partial charge in [-0.15, -0.1) is 10.2 Å². The summed E-state index contributed by atoms with van der Waals surface area (Å²) in [6.07, 6.45) is 2.83. The molecule has 0 aliphatic carbocycles. The van der Waals surface area contributed by atoms with Crippen LogP contribution in [0.25, 0.3) is 0 Å². The normalized spacial score (nSPS) is 6.53. The first-order valence-electron chi connectivity index (χ1n) is 3.13. The summed E-state index contributed by atoms with van der Waals surface area (Å²) in [6.45, 7) is 0. The third-order valence-electron chi connectivity index (χ3n) is 0.437. The van der Waals surface area contributed by atoms with E-state index in [1.165, 1.54) is 17.3 Å². The summed E-state index contributed by atoms with van der Waals surface area (Å²) in [4.78, 5) is 24.8. The Bertz CT molecular complexity index is 300. The zero-order valence-electron chi connectivity index (χ0n) is 8.44. The monoisotopic (exact) mass is 326 g/mol. The van der Waals surface area contributed by atoms with Gasteiger partial charge in [-0.2, -0.15) is 0 Å². The Morgan fingerprint density at radius 1 is 0.789 bits per heavy atom. The van der Waals surface area contributed by atoms with Gasteiger partial charge in [0.2, 0.25) is 0 Å². The van der Waals surface area contributed by atoms with Crippen molar-refractivity contribution in [1.29, 1.82) is 0 Å². The molecule has 0 aliphatic rings. The van der Waals surface area contributed by atoms with Gasteiger partial charge in [-0.25, -0.2) is 4.68 Å². The molecule has 0 saturated heterocycles. The molecule has 0 aliphatic heterocycles. The summed E-state index contributed by atoms with van der Waals surface area (Å²) in [5.74, 6) is 5.07. The van der Waals surface area contributed by atoms with E-state index in [0.717, 1.165) is 0 Å². The first kappa shape index (κ1) is 25.0. The molecule has 1 radical (unpaired) electrons. The van der Waals surface area contributed by atoms with E-state index in [9.17, 15) is 0 Å². The van der Waals surface area contributed by atoms with Crippen LogP contribution in [0.4, 0.5) is 0 Å². The minimum atomic E-state index is -1.75. The van der Waals surface area contributed by atoms with Crippen molar-refractivity contribution >= 4 is 0 Å². The van der Waals surface area contributed by atoms with Crippen LogP contribution in [0.1, 0.15) is 0 Å². The van der Waals surface area contributed by atoms with E-state index in [4.69, 9.17) is 51.8 Å². The van der Waals surface area contributed by atoms with Gasteiger partial charge < -0.3 is 51.8 Å². The maximum absolute atomic E-state index is 8.25. The van der Waals surface area contributed by atoms with Crippen molar-refractivity contribution < 1.29 is 32.3 Å². The fraction of sp³-hybridized carbons (Fsp3) is 0. The van der Waals surface area contributed by atoms with E-state index in [1.54, 1.807) is 0 Å². The number of hydrogen-bond donors (Lipinski definition) is 1. The zero-order valence-corrected chi connectivity index (χ0v) is 9.55. The average molecular weight is 326 g/mol. The SMILES string of the molecule is Nn1cnnc1.O=[N+]([O-])[O-].O=[N+]([O-])[O-].O=[N+]([O-])[O-].[Fe+3]. The Labute approximate surface area is 112 Å². The van der Waals surface area contributed by atoms with Gasteiger partial charge in [0.05, 0.1) is 15.3 Å². The second-order valence-electron chi connectivity index (χ2n) is 1.58. The molecule has 1 heterocycles. The summed E-state index contributed by atoms with van der Waals surface area (Å²) in [7, 11) is 0. The maximum Gasteiger partial charge on any atom is 3.00 e. The predicted molar refractivity (Wildman–Crippen MR) is 51.3 cm³/mol. The van der Waals surface area contributed by atoms with Crippen LogP contribution in [0.2, 0.25) is 0 Å². The molecule has 0 unspecified atom stereocenters. The van der Waals surface area contributed by atoms with Gasteiger partial charge >= 0.3 is 17.1 Å². The molecule has 17 heteroatoms. The zero-order chi connectivity index (χ0) is 15.1. The van der Waals surface area contributed by atoms with Gasteiger partial charge in [-0.3, -0.25) is 0 Å². The molecule has 16 nitrogen and oxygen atoms in total. The molecule has 0 atom stereocenters. The third-order valence-corrected chi connectivity index (χ3v) is 0.437. The van der Waals surface area contributed by atoms with Crippen molar-refractivity contribution in [3.63, 3.8) is 0 Å². The number of hydrogen-bond acceptors (Lipinski definition) is 12. The first-order chi connectivity index (χ1) is 8.09. The van der Waals surface area contributed by atoms with Crippen molar-refractivity contribution in [2.75, 3.05) is 5.84 Å². The quantitative estimate of drug-likeness (QED) is 0.241. The second kappa shape index (κ2) is 17.5. The Balaban J connectivity index is -0.0000000796. The molecule has 0 aromatic carbocycles. The van der Waals surface area contributed by atoms with Gasteiger partial charge in [0.1, 0.15) is 12.7 Å². The molecule has 0 amide bonds. The minimum Gasteiger partial charge on any atom is -0.356 e. The molecule has 1 aromatic rings. The van der Waals surface area contributed by atoms with Crippen LogP contribution >= 0.6 is 0 Å². The summed E-state index contributed by atoms with van der Waals surface area (Å²) in [6, 6.07) is 0. The van der Waals surface area contributed by atoms with Crippen molar-refractivity contribution in [3.05, 3.63) is 58.6 Å². The average Bonchev–Trinajstić information content (AvgIpc) is 2.51. The topological polar surface area (TPSA) is 255 Å². The van der Waals surface area contributed by atoms with E-state index in [-0.39, 0.29) is 17.1 Å². The van der Waals surface area contributed by atoms with E-state index in [2.05, 4.69) is 10.2 Å². The fourth-order valence-corrected chi connectivity index (χ4v) is 0.209. The van der Waals surface area contributed by atoms with E-state index in [0.29, 0.717) is 0 Å². The van der Waals surface area contributed by atoms with Crippen LogP contribution < -0.4 is 5.84 Å². The molecule has 0 bridgehead atoms. The molecule has 19 heavy (non-hydrogen) atoms. The van der Waals surface area contributed by atoms with Crippen LogP contribution in [0.15, 0.2) is 12.7 Å². The molecular formula is C2H4FeN7O9. The number of nitrogen functional groups attached to an aromatic ring is 1. The van der Waals surface area contributed by atoms with Gasteiger partial charge in [0, 0.05) is 0 Å². The van der Waals surface area contributed by atoms with Crippen LogP contribution in [-0.2, 0) is 17.1 Å². The molecule has 0 spiro atoms. The van der Waals surface area contributed by atoms with Crippen molar-refractivity contribution in [2.24, 2.45) is 0 Å². The maximum atomic E-state index is 8.25. The largest absolute Gasteiger partial charge is 3.00 e. The standard InChI is InChI=1S/C2H4N4.Fe.3NO3/c3-6-1-4-5-2-6;;3*2-1(3)4/h1-2H,3H2;;;;/q;+3;3*-1. The molecule has 0 saturated carbocycles. The van der Waals surface area contributed by atoms with Gasteiger partial charge in [0.15, 0.2) is 0 Å². The summed E-state index contributed by atoms with van der Waals surface area (Å²) < 4.78 is 1.28. The summed E-state index contributed by atoms with van der Waals surface area (Å²) in [5, 5.41) is 51.1. The number of rotatable bonds is 0. The second-order valence-corrected chi connectivity index (χ2v) is 1.58. The van der Waals surface area contributed by atoms with Crippen LogP contribution in [-0.4, -0.2) is 30.1 Å². The number of aromatic nitrogens is 3. The van der Waals surface area contributed by atoms with Crippen LogP contribution in [0.3, 0.4) is 0 Å². The van der Waals surface area contributed by atoms with Crippen molar-refractivity contribution in [1.82, 2.24) is 14.9 Å². The predicted octanol–water partition coefficient (Wildman–Crippen LogP) is -1.73. The molecule has 0 fully saturated rings. The number of nitrogens with two attached hydrogens (primary N) is 1. The van der Waals surface area contributed by atoms with E-state index >= 15 is 0 Å². The van der Waals surface area contributed by atoms with Crippen molar-refractivity contribution in [2.45, 2.75) is 0 Å². The van der Waals surface area contributed by atoms with Gasteiger partial charge in [-0.1, -0.05) is 0 Å². The Hall–Kier alpha value is -2.94. The van der Waals surface area contributed by atoms with Gasteiger partial charge in [-0.05, 0) is 0 Å². The smallest absolute Gasteiger partial charge is 0.356 e. The van der Waals surface area contributed by atoms with Crippen molar-refractivity contribution in [3.8, 4) is 0 Å².